The standard InChI is InChI=1S/C11H14ClN5O3S2/c1-3-16(4-2)11(18)17-7-14-10(15-17)22(19,20)6-8-5-13-9(12)21-8/h5,7H,3-4,6H2,1-2H3. The molecule has 0 bridgehead atoms. The van der Waals surface area contributed by atoms with E-state index in [2.05, 4.69) is 15.1 Å². The first-order valence-electron chi connectivity index (χ1n) is 6.41. The number of rotatable bonds is 5. The van der Waals surface area contributed by atoms with Crippen LogP contribution in [0.4, 0.5) is 4.79 Å². The normalized spacial score (nSPS) is 11.6. The van der Waals surface area contributed by atoms with Crippen LogP contribution in [-0.2, 0) is 15.6 Å². The first-order valence-corrected chi connectivity index (χ1v) is 9.26. The second-order valence-corrected chi connectivity index (χ2v) is 7.85. The van der Waals surface area contributed by atoms with Crippen LogP contribution in [0.15, 0.2) is 17.7 Å². The minimum atomic E-state index is -3.75. The molecule has 2 heterocycles. The molecule has 120 valence electrons. The van der Waals surface area contributed by atoms with Crippen LogP contribution in [0.2, 0.25) is 4.47 Å². The Morgan fingerprint density at radius 3 is 2.59 bits per heavy atom. The third kappa shape index (κ3) is 3.62. The van der Waals surface area contributed by atoms with E-state index in [4.69, 9.17) is 11.6 Å². The Hall–Kier alpha value is -1.52. The summed E-state index contributed by atoms with van der Waals surface area (Å²) in [5, 5.41) is 3.39. The second kappa shape index (κ2) is 6.71. The number of amides is 1. The molecule has 0 saturated heterocycles. The van der Waals surface area contributed by atoms with E-state index >= 15 is 0 Å². The molecular formula is C11H14ClN5O3S2. The summed E-state index contributed by atoms with van der Waals surface area (Å²) in [4.78, 5) is 21.6. The Labute approximate surface area is 136 Å². The van der Waals surface area contributed by atoms with Crippen molar-refractivity contribution in [2.45, 2.75) is 24.8 Å². The number of thiazole rings is 1. The van der Waals surface area contributed by atoms with Crippen molar-refractivity contribution in [3.05, 3.63) is 21.9 Å². The molecule has 22 heavy (non-hydrogen) atoms. The number of nitrogens with zero attached hydrogens (tertiary/aromatic N) is 5. The summed E-state index contributed by atoms with van der Waals surface area (Å²) in [5.41, 5.74) is 0. The molecule has 0 N–H and O–H groups in total. The zero-order chi connectivity index (χ0) is 16.3. The number of halogens is 1. The van der Waals surface area contributed by atoms with Gasteiger partial charge >= 0.3 is 6.03 Å². The van der Waals surface area contributed by atoms with Crippen molar-refractivity contribution in [3.63, 3.8) is 0 Å². The maximum Gasteiger partial charge on any atom is 0.346 e. The number of sulfone groups is 1. The number of hydrogen-bond acceptors (Lipinski definition) is 7. The van der Waals surface area contributed by atoms with Gasteiger partial charge in [0.25, 0.3) is 5.16 Å². The number of carbonyl (C=O) groups excluding carboxylic acids is 1. The average Bonchev–Trinajstić information content (AvgIpc) is 3.09. The molecule has 2 aromatic heterocycles. The van der Waals surface area contributed by atoms with Crippen molar-refractivity contribution in [1.29, 1.82) is 0 Å². The van der Waals surface area contributed by atoms with Gasteiger partial charge in [-0.1, -0.05) is 11.6 Å². The van der Waals surface area contributed by atoms with Crippen LogP contribution >= 0.6 is 22.9 Å². The SMILES string of the molecule is CCN(CC)C(=O)n1cnc(S(=O)(=O)Cc2cnc(Cl)s2)n1. The molecule has 0 unspecified atom stereocenters. The molecule has 0 aliphatic carbocycles. The zero-order valence-corrected chi connectivity index (χ0v) is 14.3. The van der Waals surface area contributed by atoms with Crippen molar-refractivity contribution >= 4 is 38.8 Å². The molecule has 1 amide bonds. The summed E-state index contributed by atoms with van der Waals surface area (Å²) in [6, 6.07) is -0.417. The topological polar surface area (TPSA) is 98.1 Å². The van der Waals surface area contributed by atoms with Crippen molar-refractivity contribution < 1.29 is 13.2 Å². The summed E-state index contributed by atoms with van der Waals surface area (Å²) in [5.74, 6) is -0.305. The highest BCUT2D eigenvalue weighted by Gasteiger charge is 2.24. The molecule has 0 spiro atoms. The maximum atomic E-state index is 12.2. The van der Waals surface area contributed by atoms with E-state index in [1.165, 1.54) is 11.1 Å². The van der Waals surface area contributed by atoms with Crippen LogP contribution in [0.25, 0.3) is 0 Å². The van der Waals surface area contributed by atoms with Crippen LogP contribution in [-0.4, -0.2) is 52.2 Å². The lowest BCUT2D eigenvalue weighted by atomic mass is 10.5. The van der Waals surface area contributed by atoms with Gasteiger partial charge in [-0.2, -0.15) is 4.68 Å². The Balaban J connectivity index is 2.21. The first-order chi connectivity index (χ1) is 10.4. The molecule has 0 aromatic carbocycles. The van der Waals surface area contributed by atoms with E-state index in [-0.39, 0.29) is 10.2 Å². The highest BCUT2D eigenvalue weighted by atomic mass is 35.5. The Bertz CT molecular complexity index is 766. The van der Waals surface area contributed by atoms with Gasteiger partial charge in [0.2, 0.25) is 9.84 Å². The summed E-state index contributed by atoms with van der Waals surface area (Å²) in [7, 11) is -3.75. The fraction of sp³-hybridized carbons (Fsp3) is 0.455. The number of aromatic nitrogens is 4. The van der Waals surface area contributed by atoms with Gasteiger partial charge in [0.1, 0.15) is 6.33 Å². The summed E-state index contributed by atoms with van der Waals surface area (Å²) < 4.78 is 25.7. The van der Waals surface area contributed by atoms with Crippen molar-refractivity contribution in [1.82, 2.24) is 24.6 Å². The van der Waals surface area contributed by atoms with Crippen LogP contribution in [0.5, 0.6) is 0 Å². The molecule has 8 nitrogen and oxygen atoms in total. The molecule has 0 saturated carbocycles. The minimum Gasteiger partial charge on any atom is -0.323 e. The molecule has 0 atom stereocenters. The quantitative estimate of drug-likeness (QED) is 0.801. The van der Waals surface area contributed by atoms with Crippen molar-refractivity contribution in [2.75, 3.05) is 13.1 Å². The van der Waals surface area contributed by atoms with E-state index in [0.29, 0.717) is 18.0 Å². The third-order valence-corrected chi connectivity index (χ3v) is 5.57. The summed E-state index contributed by atoms with van der Waals surface area (Å²) in [6.45, 7) is 4.64. The Morgan fingerprint density at radius 1 is 1.36 bits per heavy atom. The molecular weight excluding hydrogens is 350 g/mol. The van der Waals surface area contributed by atoms with Gasteiger partial charge in [-0.25, -0.2) is 23.2 Å². The Kier molecular flexibility index (Phi) is 5.14. The Morgan fingerprint density at radius 2 is 2.05 bits per heavy atom. The predicted octanol–water partition coefficient (Wildman–Crippen LogP) is 1.67. The van der Waals surface area contributed by atoms with Crippen LogP contribution in [0.3, 0.4) is 0 Å². The lowest BCUT2D eigenvalue weighted by molar-refractivity contribution is 0.201. The number of carbonyl (C=O) groups is 1. The van der Waals surface area contributed by atoms with Crippen LogP contribution in [0, 0.1) is 0 Å². The predicted molar refractivity (Wildman–Crippen MR) is 81.8 cm³/mol. The third-order valence-electron chi connectivity index (χ3n) is 2.84. The smallest absolute Gasteiger partial charge is 0.323 e. The highest BCUT2D eigenvalue weighted by molar-refractivity contribution is 7.90. The largest absolute Gasteiger partial charge is 0.346 e. The molecule has 0 aliphatic heterocycles. The average molecular weight is 364 g/mol. The molecule has 2 aromatic rings. The van der Waals surface area contributed by atoms with Crippen LogP contribution < -0.4 is 0 Å². The zero-order valence-electron chi connectivity index (χ0n) is 11.9. The minimum absolute atomic E-state index is 0.264. The fourth-order valence-electron chi connectivity index (χ4n) is 1.72. The second-order valence-electron chi connectivity index (χ2n) is 4.27. The van der Waals surface area contributed by atoms with Gasteiger partial charge in [-0.15, -0.1) is 16.4 Å². The first kappa shape index (κ1) is 16.8. The molecule has 2 rings (SSSR count). The van der Waals surface area contributed by atoms with E-state index < -0.39 is 21.0 Å². The van der Waals surface area contributed by atoms with Crippen LogP contribution in [0.1, 0.15) is 18.7 Å². The fourth-order valence-corrected chi connectivity index (χ4v) is 4.20. The van der Waals surface area contributed by atoms with Crippen molar-refractivity contribution in [3.8, 4) is 0 Å². The molecule has 0 aliphatic rings. The van der Waals surface area contributed by atoms with E-state index in [1.54, 1.807) is 0 Å². The monoisotopic (exact) mass is 363 g/mol. The van der Waals surface area contributed by atoms with E-state index in [1.807, 2.05) is 13.8 Å². The van der Waals surface area contributed by atoms with Gasteiger partial charge < -0.3 is 4.90 Å². The summed E-state index contributed by atoms with van der Waals surface area (Å²) in [6.07, 6.45) is 2.50. The van der Waals surface area contributed by atoms with Gasteiger partial charge in [-0.05, 0) is 13.8 Å². The van der Waals surface area contributed by atoms with Crippen molar-refractivity contribution in [2.24, 2.45) is 0 Å². The maximum absolute atomic E-state index is 12.2. The molecule has 0 fully saturated rings. The molecule has 11 heteroatoms. The summed E-state index contributed by atoms with van der Waals surface area (Å²) >= 11 is 6.75. The van der Waals surface area contributed by atoms with Gasteiger partial charge in [0.15, 0.2) is 4.47 Å². The van der Waals surface area contributed by atoms with Gasteiger partial charge in [0, 0.05) is 24.2 Å². The lowest BCUT2D eigenvalue weighted by Gasteiger charge is -2.17. The van der Waals surface area contributed by atoms with E-state index in [0.717, 1.165) is 22.3 Å². The van der Waals surface area contributed by atoms with Gasteiger partial charge in [0.05, 0.1) is 5.75 Å². The van der Waals surface area contributed by atoms with Gasteiger partial charge in [-0.3, -0.25) is 0 Å². The van der Waals surface area contributed by atoms with E-state index in [9.17, 15) is 13.2 Å². The number of hydrogen-bond donors (Lipinski definition) is 0. The molecule has 0 radical (unpaired) electrons. The lowest BCUT2D eigenvalue weighted by Crippen LogP contribution is -2.34. The highest BCUT2D eigenvalue weighted by Crippen LogP contribution is 2.21.